The third kappa shape index (κ3) is 2.26. The predicted molar refractivity (Wildman–Crippen MR) is 71.0 cm³/mol. The molecule has 0 aromatic heterocycles. The highest BCUT2D eigenvalue weighted by molar-refractivity contribution is 5.90. The van der Waals surface area contributed by atoms with Crippen molar-refractivity contribution in [2.75, 3.05) is 19.7 Å². The minimum Gasteiger partial charge on any atom is -0.550 e. The second kappa shape index (κ2) is 5.10. The Morgan fingerprint density at radius 1 is 1.62 bits per heavy atom. The van der Waals surface area contributed by atoms with Gasteiger partial charge in [0.1, 0.15) is 5.60 Å². The van der Waals surface area contributed by atoms with E-state index in [2.05, 4.69) is 0 Å². The minimum absolute atomic E-state index is 0.138. The summed E-state index contributed by atoms with van der Waals surface area (Å²) in [7, 11) is 0. The number of ether oxygens (including phenoxy) is 2. The Labute approximate surface area is 123 Å². The van der Waals surface area contributed by atoms with E-state index in [0.29, 0.717) is 19.7 Å². The zero-order valence-corrected chi connectivity index (χ0v) is 12.3. The second-order valence-electron chi connectivity index (χ2n) is 6.25. The van der Waals surface area contributed by atoms with Crippen molar-refractivity contribution in [3.05, 3.63) is 12.2 Å². The molecule has 21 heavy (non-hydrogen) atoms. The maximum Gasteiger partial charge on any atom is 0.229 e. The summed E-state index contributed by atoms with van der Waals surface area (Å²) in [6.45, 7) is 5.50. The fourth-order valence-electron chi connectivity index (χ4n) is 3.61. The van der Waals surface area contributed by atoms with Gasteiger partial charge in [-0.3, -0.25) is 4.79 Å². The van der Waals surface area contributed by atoms with Gasteiger partial charge in [-0.2, -0.15) is 0 Å². The first-order valence-electron chi connectivity index (χ1n) is 7.43. The van der Waals surface area contributed by atoms with Crippen LogP contribution in [0, 0.1) is 11.8 Å². The van der Waals surface area contributed by atoms with Crippen LogP contribution in [0.4, 0.5) is 0 Å². The Morgan fingerprint density at radius 2 is 2.38 bits per heavy atom. The van der Waals surface area contributed by atoms with Crippen molar-refractivity contribution >= 4 is 11.9 Å². The van der Waals surface area contributed by atoms with E-state index in [0.717, 1.165) is 6.42 Å². The summed E-state index contributed by atoms with van der Waals surface area (Å²) >= 11 is 0. The molecule has 116 valence electrons. The number of aliphatic carboxylic acids is 1. The van der Waals surface area contributed by atoms with Gasteiger partial charge in [-0.1, -0.05) is 12.2 Å². The summed E-state index contributed by atoms with van der Waals surface area (Å²) < 4.78 is 11.2. The van der Waals surface area contributed by atoms with Gasteiger partial charge >= 0.3 is 0 Å². The molecule has 1 amide bonds. The smallest absolute Gasteiger partial charge is 0.229 e. The number of carboxylic acid groups (broad SMARTS) is 1. The van der Waals surface area contributed by atoms with E-state index in [-0.39, 0.29) is 12.0 Å². The van der Waals surface area contributed by atoms with Crippen LogP contribution in [0.1, 0.15) is 20.3 Å². The van der Waals surface area contributed by atoms with Crippen LogP contribution in [-0.4, -0.2) is 54.3 Å². The number of carbonyl (C=O) groups excluding carboxylic acids is 2. The Balaban J connectivity index is 1.65. The highest BCUT2D eigenvalue weighted by Crippen LogP contribution is 2.51. The van der Waals surface area contributed by atoms with Crippen LogP contribution in [0.5, 0.6) is 0 Å². The first kappa shape index (κ1) is 14.5. The van der Waals surface area contributed by atoms with E-state index in [4.69, 9.17) is 9.47 Å². The van der Waals surface area contributed by atoms with Crippen molar-refractivity contribution in [1.29, 1.82) is 0 Å². The third-order valence-corrected chi connectivity index (χ3v) is 4.47. The summed E-state index contributed by atoms with van der Waals surface area (Å²) in [5, 5.41) is 11.3. The van der Waals surface area contributed by atoms with Crippen LogP contribution < -0.4 is 5.11 Å². The van der Waals surface area contributed by atoms with Crippen molar-refractivity contribution in [3.8, 4) is 0 Å². The molecule has 0 aromatic carbocycles. The molecule has 6 nitrogen and oxygen atoms in total. The predicted octanol–water partition coefficient (Wildman–Crippen LogP) is -0.667. The van der Waals surface area contributed by atoms with Crippen LogP contribution >= 0.6 is 0 Å². The van der Waals surface area contributed by atoms with E-state index in [1.54, 1.807) is 11.0 Å². The van der Waals surface area contributed by atoms with Crippen LogP contribution in [0.2, 0.25) is 0 Å². The van der Waals surface area contributed by atoms with Crippen LogP contribution in [0.25, 0.3) is 0 Å². The third-order valence-electron chi connectivity index (χ3n) is 4.47. The number of rotatable bonds is 6. The lowest BCUT2D eigenvalue weighted by Crippen LogP contribution is -2.45. The SMILES string of the molecule is CC(C)OCCCN1C[C@@]23C=C[C@@H](O2)[C@H](C(=O)[O-])[C@H]3C1=O. The number of amides is 1. The van der Waals surface area contributed by atoms with Gasteiger partial charge < -0.3 is 24.3 Å². The van der Waals surface area contributed by atoms with E-state index in [1.165, 1.54) is 0 Å². The Bertz CT molecular complexity index is 488. The lowest BCUT2D eigenvalue weighted by atomic mass is 9.77. The average molecular weight is 294 g/mol. The number of nitrogens with zero attached hydrogens (tertiary/aromatic N) is 1. The van der Waals surface area contributed by atoms with Gasteiger partial charge in [0.05, 0.1) is 24.7 Å². The topological polar surface area (TPSA) is 78.9 Å². The quantitative estimate of drug-likeness (QED) is 0.480. The summed E-state index contributed by atoms with van der Waals surface area (Å²) in [6, 6.07) is 0. The Kier molecular flexibility index (Phi) is 3.53. The fourth-order valence-corrected chi connectivity index (χ4v) is 3.61. The van der Waals surface area contributed by atoms with Gasteiger partial charge in [-0.25, -0.2) is 0 Å². The average Bonchev–Trinajstić information content (AvgIpc) is 3.03. The molecule has 3 aliphatic heterocycles. The molecule has 0 radical (unpaired) electrons. The van der Waals surface area contributed by atoms with Crippen LogP contribution in [-0.2, 0) is 19.1 Å². The summed E-state index contributed by atoms with van der Waals surface area (Å²) in [5.41, 5.74) is -0.759. The number of hydrogen-bond donors (Lipinski definition) is 0. The molecule has 0 aromatic rings. The molecule has 1 spiro atoms. The van der Waals surface area contributed by atoms with Gasteiger partial charge in [-0.05, 0) is 20.3 Å². The van der Waals surface area contributed by atoms with Crippen molar-refractivity contribution in [2.45, 2.75) is 38.1 Å². The molecule has 0 N–H and O–H groups in total. The summed E-state index contributed by atoms with van der Waals surface area (Å²) in [6.07, 6.45) is 3.98. The highest BCUT2D eigenvalue weighted by atomic mass is 16.5. The van der Waals surface area contributed by atoms with Gasteiger partial charge in [0.2, 0.25) is 5.91 Å². The molecule has 2 fully saturated rings. The van der Waals surface area contributed by atoms with Crippen LogP contribution in [0.15, 0.2) is 12.2 Å². The van der Waals surface area contributed by atoms with Gasteiger partial charge in [0, 0.05) is 25.0 Å². The van der Waals surface area contributed by atoms with Crippen molar-refractivity contribution in [3.63, 3.8) is 0 Å². The molecular formula is C15H20NO5-. The second-order valence-corrected chi connectivity index (χ2v) is 6.25. The monoisotopic (exact) mass is 294 g/mol. The van der Waals surface area contributed by atoms with Gasteiger partial charge in [-0.15, -0.1) is 0 Å². The zero-order valence-electron chi connectivity index (χ0n) is 12.3. The zero-order chi connectivity index (χ0) is 15.2. The normalized spacial score (nSPS) is 36.8. The Hall–Kier alpha value is -1.40. The molecule has 2 saturated heterocycles. The number of hydrogen-bond acceptors (Lipinski definition) is 5. The number of carbonyl (C=O) groups is 2. The molecule has 6 heteroatoms. The molecule has 3 heterocycles. The Morgan fingerprint density at radius 3 is 3.05 bits per heavy atom. The number of likely N-dealkylation sites (tertiary alicyclic amines) is 1. The van der Waals surface area contributed by atoms with Crippen molar-refractivity contribution in [1.82, 2.24) is 4.90 Å². The molecule has 3 rings (SSSR count). The molecule has 0 aliphatic carbocycles. The van der Waals surface area contributed by atoms with Gasteiger partial charge in [0.25, 0.3) is 0 Å². The maximum absolute atomic E-state index is 12.5. The summed E-state index contributed by atoms with van der Waals surface area (Å²) in [5.74, 6) is -2.84. The molecule has 0 unspecified atom stereocenters. The number of fused-ring (bicyclic) bond motifs is 1. The largest absolute Gasteiger partial charge is 0.550 e. The van der Waals surface area contributed by atoms with Crippen LogP contribution in [0.3, 0.4) is 0 Å². The molecule has 3 aliphatic rings. The molecular weight excluding hydrogens is 274 g/mol. The van der Waals surface area contributed by atoms with E-state index in [1.807, 2.05) is 19.9 Å². The minimum atomic E-state index is -1.20. The lowest BCUT2D eigenvalue weighted by molar-refractivity contribution is -0.313. The lowest BCUT2D eigenvalue weighted by Gasteiger charge is -2.24. The highest BCUT2D eigenvalue weighted by Gasteiger charge is 2.65. The molecule has 0 saturated carbocycles. The number of carboxylic acids is 1. The van der Waals surface area contributed by atoms with Crippen molar-refractivity contribution < 1.29 is 24.2 Å². The molecule has 4 atom stereocenters. The summed E-state index contributed by atoms with van der Waals surface area (Å²) in [4.78, 5) is 25.5. The first-order valence-corrected chi connectivity index (χ1v) is 7.43. The van der Waals surface area contributed by atoms with E-state index >= 15 is 0 Å². The van der Waals surface area contributed by atoms with E-state index in [9.17, 15) is 14.7 Å². The first-order chi connectivity index (χ1) is 9.94. The van der Waals surface area contributed by atoms with Crippen molar-refractivity contribution in [2.24, 2.45) is 11.8 Å². The standard InChI is InChI=1S/C15H21NO5/c1-9(2)20-7-3-6-16-8-15-5-4-10(21-15)11(14(18)19)12(15)13(16)17/h4-5,9-12H,3,6-8H2,1-2H3,(H,18,19)/p-1/t10-,11+,12+,15-/m1/s1. The van der Waals surface area contributed by atoms with Gasteiger partial charge in [0.15, 0.2) is 0 Å². The fraction of sp³-hybridized carbons (Fsp3) is 0.733. The van der Waals surface area contributed by atoms with E-state index < -0.39 is 29.5 Å². The maximum atomic E-state index is 12.5. The molecule has 2 bridgehead atoms.